The number of anilines is 2. The van der Waals surface area contributed by atoms with Gasteiger partial charge in [-0.2, -0.15) is 18.3 Å². The number of nitrogens with one attached hydrogen (secondary N) is 1. The first-order chi connectivity index (χ1) is 8.96. The lowest BCUT2D eigenvalue weighted by Crippen LogP contribution is -2.17. The summed E-state index contributed by atoms with van der Waals surface area (Å²) >= 11 is 0. The lowest BCUT2D eigenvalue weighted by molar-refractivity contribution is -0.142. The van der Waals surface area contributed by atoms with Gasteiger partial charge in [0, 0.05) is 18.9 Å². The van der Waals surface area contributed by atoms with Gasteiger partial charge in [-0.1, -0.05) is 6.07 Å². The molecular formula is C11H12F3N5. The van der Waals surface area contributed by atoms with Crippen LogP contribution in [0.5, 0.6) is 0 Å². The van der Waals surface area contributed by atoms with E-state index in [1.807, 2.05) is 0 Å². The fourth-order valence-electron chi connectivity index (χ4n) is 1.47. The van der Waals surface area contributed by atoms with Gasteiger partial charge in [0.05, 0.1) is 11.9 Å². The first-order valence-corrected chi connectivity index (χ1v) is 5.47. The van der Waals surface area contributed by atoms with Gasteiger partial charge in [0.1, 0.15) is 12.4 Å². The summed E-state index contributed by atoms with van der Waals surface area (Å²) in [6.45, 7) is -0.731. The van der Waals surface area contributed by atoms with Crippen LogP contribution in [0.15, 0.2) is 30.7 Å². The first-order valence-electron chi connectivity index (χ1n) is 5.47. The van der Waals surface area contributed by atoms with E-state index in [1.54, 1.807) is 18.3 Å². The largest absolute Gasteiger partial charge is 0.408 e. The van der Waals surface area contributed by atoms with Crippen LogP contribution in [0.1, 0.15) is 5.56 Å². The molecule has 2 rings (SSSR count). The second-order valence-corrected chi connectivity index (χ2v) is 3.92. The molecule has 0 spiro atoms. The van der Waals surface area contributed by atoms with E-state index >= 15 is 0 Å². The standard InChI is InChI=1S/C11H12F3N5/c12-11(13,14)7-19-6-9(5-17-19)18-10-2-1-8(3-15)4-16-10/h1-2,4-6H,3,7,15H2,(H,16,18). The molecule has 0 atom stereocenters. The molecule has 3 N–H and O–H groups in total. The van der Waals surface area contributed by atoms with Crippen molar-refractivity contribution in [3.05, 3.63) is 36.3 Å². The van der Waals surface area contributed by atoms with Crippen molar-refractivity contribution in [3.8, 4) is 0 Å². The molecule has 2 aromatic rings. The van der Waals surface area contributed by atoms with Gasteiger partial charge in [-0.05, 0) is 11.6 Å². The Morgan fingerprint density at radius 2 is 2.05 bits per heavy atom. The molecule has 0 amide bonds. The molecule has 0 bridgehead atoms. The highest BCUT2D eigenvalue weighted by molar-refractivity contribution is 5.53. The van der Waals surface area contributed by atoms with Gasteiger partial charge in [0.15, 0.2) is 0 Å². The monoisotopic (exact) mass is 271 g/mol. The fraction of sp³-hybridized carbons (Fsp3) is 0.273. The summed E-state index contributed by atoms with van der Waals surface area (Å²) in [5, 5.41) is 6.48. The predicted molar refractivity (Wildman–Crippen MR) is 63.7 cm³/mol. The van der Waals surface area contributed by atoms with Gasteiger partial charge in [-0.15, -0.1) is 0 Å². The van der Waals surface area contributed by atoms with Crippen LogP contribution in [-0.2, 0) is 13.1 Å². The minimum absolute atomic E-state index is 0.386. The van der Waals surface area contributed by atoms with E-state index < -0.39 is 12.7 Å². The number of nitrogens with zero attached hydrogens (tertiary/aromatic N) is 3. The molecule has 0 saturated carbocycles. The summed E-state index contributed by atoms with van der Waals surface area (Å²) in [6.07, 6.45) is -0.108. The molecule has 0 aliphatic carbocycles. The van der Waals surface area contributed by atoms with E-state index in [2.05, 4.69) is 15.4 Å². The van der Waals surface area contributed by atoms with Gasteiger partial charge in [-0.25, -0.2) is 4.98 Å². The van der Waals surface area contributed by atoms with E-state index in [0.29, 0.717) is 18.1 Å². The van der Waals surface area contributed by atoms with Crippen molar-refractivity contribution in [1.82, 2.24) is 14.8 Å². The number of halogens is 3. The average molecular weight is 271 g/mol. The molecule has 5 nitrogen and oxygen atoms in total. The predicted octanol–water partition coefficient (Wildman–Crippen LogP) is 2.04. The van der Waals surface area contributed by atoms with Crippen molar-refractivity contribution in [2.24, 2.45) is 5.73 Å². The number of nitrogens with two attached hydrogens (primary N) is 1. The van der Waals surface area contributed by atoms with Crippen molar-refractivity contribution in [3.63, 3.8) is 0 Å². The molecule has 0 aliphatic heterocycles. The Morgan fingerprint density at radius 1 is 1.26 bits per heavy atom. The Kier molecular flexibility index (Phi) is 3.70. The topological polar surface area (TPSA) is 68.8 Å². The van der Waals surface area contributed by atoms with Crippen LogP contribution >= 0.6 is 0 Å². The van der Waals surface area contributed by atoms with Gasteiger partial charge >= 0.3 is 6.18 Å². The van der Waals surface area contributed by atoms with Crippen LogP contribution in [-0.4, -0.2) is 20.9 Å². The maximum atomic E-state index is 12.2. The molecule has 2 heterocycles. The SMILES string of the molecule is NCc1ccc(Nc2cnn(CC(F)(F)F)c2)nc1. The molecule has 0 radical (unpaired) electrons. The lowest BCUT2D eigenvalue weighted by Gasteiger charge is -2.05. The smallest absolute Gasteiger partial charge is 0.338 e. The zero-order valence-corrected chi connectivity index (χ0v) is 9.85. The summed E-state index contributed by atoms with van der Waals surface area (Å²) in [4.78, 5) is 4.08. The van der Waals surface area contributed by atoms with Gasteiger partial charge < -0.3 is 11.1 Å². The molecular weight excluding hydrogens is 259 g/mol. The number of alkyl halides is 3. The highest BCUT2D eigenvalue weighted by atomic mass is 19.4. The van der Waals surface area contributed by atoms with Gasteiger partial charge in [0.2, 0.25) is 0 Å². The highest BCUT2D eigenvalue weighted by Crippen LogP contribution is 2.19. The Hall–Kier alpha value is -2.09. The minimum Gasteiger partial charge on any atom is -0.338 e. The Balaban J connectivity index is 2.02. The molecule has 19 heavy (non-hydrogen) atoms. The van der Waals surface area contributed by atoms with E-state index in [0.717, 1.165) is 10.2 Å². The van der Waals surface area contributed by atoms with E-state index in [1.165, 1.54) is 12.4 Å². The Bertz CT molecular complexity index is 532. The molecule has 0 aromatic carbocycles. The lowest BCUT2D eigenvalue weighted by atomic mass is 10.3. The molecule has 0 aliphatic rings. The number of rotatable bonds is 4. The zero-order valence-electron chi connectivity index (χ0n) is 9.85. The average Bonchev–Trinajstić information content (AvgIpc) is 2.75. The minimum atomic E-state index is -4.29. The molecule has 0 fully saturated rings. The molecule has 0 saturated heterocycles. The zero-order chi connectivity index (χ0) is 13.9. The quantitative estimate of drug-likeness (QED) is 0.893. The fourth-order valence-corrected chi connectivity index (χ4v) is 1.47. The third-order valence-electron chi connectivity index (χ3n) is 2.31. The number of hydrogen-bond donors (Lipinski definition) is 2. The van der Waals surface area contributed by atoms with Crippen molar-refractivity contribution in [2.75, 3.05) is 5.32 Å². The first kappa shape index (κ1) is 13.3. The molecule has 102 valence electrons. The summed E-state index contributed by atoms with van der Waals surface area (Å²) in [5.41, 5.74) is 6.75. The highest BCUT2D eigenvalue weighted by Gasteiger charge is 2.28. The second-order valence-electron chi connectivity index (χ2n) is 3.92. The van der Waals surface area contributed by atoms with Crippen LogP contribution in [0.3, 0.4) is 0 Å². The van der Waals surface area contributed by atoms with Crippen molar-refractivity contribution >= 4 is 11.5 Å². The van der Waals surface area contributed by atoms with E-state index in [-0.39, 0.29) is 0 Å². The Morgan fingerprint density at radius 3 is 2.63 bits per heavy atom. The second kappa shape index (κ2) is 5.27. The van der Waals surface area contributed by atoms with Crippen LogP contribution in [0.4, 0.5) is 24.7 Å². The van der Waals surface area contributed by atoms with Crippen molar-refractivity contribution in [2.45, 2.75) is 19.3 Å². The van der Waals surface area contributed by atoms with Gasteiger partial charge in [0.25, 0.3) is 0 Å². The summed E-state index contributed by atoms with van der Waals surface area (Å²) < 4.78 is 37.3. The summed E-state index contributed by atoms with van der Waals surface area (Å²) in [6, 6.07) is 3.48. The van der Waals surface area contributed by atoms with E-state index in [4.69, 9.17) is 5.73 Å². The number of hydrogen-bond acceptors (Lipinski definition) is 4. The van der Waals surface area contributed by atoms with Crippen LogP contribution in [0, 0.1) is 0 Å². The summed E-state index contributed by atoms with van der Waals surface area (Å²) in [5.74, 6) is 0.517. The third kappa shape index (κ3) is 3.95. The normalized spacial score (nSPS) is 11.6. The number of aromatic nitrogens is 3. The van der Waals surface area contributed by atoms with E-state index in [9.17, 15) is 13.2 Å². The summed E-state index contributed by atoms with van der Waals surface area (Å²) in [7, 11) is 0. The van der Waals surface area contributed by atoms with Crippen molar-refractivity contribution < 1.29 is 13.2 Å². The van der Waals surface area contributed by atoms with Crippen molar-refractivity contribution in [1.29, 1.82) is 0 Å². The maximum absolute atomic E-state index is 12.2. The number of pyridine rings is 1. The molecule has 2 aromatic heterocycles. The van der Waals surface area contributed by atoms with Gasteiger partial charge in [-0.3, -0.25) is 4.68 Å². The molecule has 0 unspecified atom stereocenters. The van der Waals surface area contributed by atoms with Crippen LogP contribution in [0.2, 0.25) is 0 Å². The Labute approximate surface area is 107 Å². The maximum Gasteiger partial charge on any atom is 0.408 e. The molecule has 8 heteroatoms. The third-order valence-corrected chi connectivity index (χ3v) is 2.31. The van der Waals surface area contributed by atoms with Crippen LogP contribution < -0.4 is 11.1 Å². The van der Waals surface area contributed by atoms with Crippen LogP contribution in [0.25, 0.3) is 0 Å².